The monoisotopic (exact) mass is 556 g/mol. The van der Waals surface area contributed by atoms with E-state index in [4.69, 9.17) is 14.2 Å². The first-order valence-corrected chi connectivity index (χ1v) is 14.3. The molecule has 8 atom stereocenters. The van der Waals surface area contributed by atoms with Gasteiger partial charge in [-0.05, 0) is 42.4 Å². The molecule has 2 unspecified atom stereocenters. The standard InChI is InChI=1S/C29H48O10/c1-8-9-10-18-11-19-20(26(33)37-12-15(2)3)24(30)23(28(35)39-14-17(6)7)29(36,22(19)25(31)32)21(18)27(34)38-13-16(4)5/h15-24,30,36H,8-14H2,1-7H3,(H,31,32)/t18-,19+,20-,21-,22?,23-,24?,29-/m1/s1. The van der Waals surface area contributed by atoms with Crippen LogP contribution < -0.4 is 0 Å². The van der Waals surface area contributed by atoms with Crippen molar-refractivity contribution in [2.45, 2.75) is 85.9 Å². The molecule has 0 radical (unpaired) electrons. The number of aliphatic carboxylic acids is 1. The Labute approximate surface area is 231 Å². The fourth-order valence-corrected chi connectivity index (χ4v) is 6.19. The highest BCUT2D eigenvalue weighted by Gasteiger charge is 2.73. The SMILES string of the molecule is CCCC[C@@H]1C[C@@H]2C(C(=O)O)[C@@](O)([C@@H](C(=O)OCC(C)C)C(O)[C@@H]2C(=O)OCC(C)C)[C@H]1C(=O)OCC(C)C. The Morgan fingerprint density at radius 2 is 1.26 bits per heavy atom. The minimum absolute atomic E-state index is 0.0162. The van der Waals surface area contributed by atoms with Gasteiger partial charge in [-0.2, -0.15) is 0 Å². The van der Waals surface area contributed by atoms with Gasteiger partial charge in [-0.25, -0.2) is 0 Å². The first kappa shape index (κ1) is 33.0. The topological polar surface area (TPSA) is 157 Å². The minimum atomic E-state index is -2.54. The number of carbonyl (C=O) groups excluding carboxylic acids is 3. The van der Waals surface area contributed by atoms with E-state index in [1.165, 1.54) is 0 Å². The van der Waals surface area contributed by atoms with Gasteiger partial charge in [-0.15, -0.1) is 0 Å². The van der Waals surface area contributed by atoms with E-state index in [0.29, 0.717) is 12.8 Å². The number of esters is 3. The summed E-state index contributed by atoms with van der Waals surface area (Å²) < 4.78 is 16.4. The highest BCUT2D eigenvalue weighted by molar-refractivity contribution is 5.87. The third-order valence-corrected chi connectivity index (χ3v) is 7.79. The molecular formula is C29H48O10. The van der Waals surface area contributed by atoms with Crippen LogP contribution in [0.15, 0.2) is 0 Å². The lowest BCUT2D eigenvalue weighted by Gasteiger charge is -2.59. The molecule has 0 heterocycles. The first-order valence-electron chi connectivity index (χ1n) is 14.3. The number of carboxylic acids is 1. The molecule has 0 aromatic heterocycles. The molecule has 0 amide bonds. The average molecular weight is 557 g/mol. The summed E-state index contributed by atoms with van der Waals surface area (Å²) in [6, 6.07) is 0. The van der Waals surface area contributed by atoms with Crippen LogP contribution in [0.3, 0.4) is 0 Å². The molecule has 39 heavy (non-hydrogen) atoms. The molecule has 2 aliphatic carbocycles. The molecule has 0 saturated heterocycles. The number of rotatable bonds is 13. The van der Waals surface area contributed by atoms with Gasteiger partial charge in [0.2, 0.25) is 0 Å². The van der Waals surface area contributed by atoms with E-state index in [1.807, 2.05) is 34.6 Å². The first-order chi connectivity index (χ1) is 18.2. The highest BCUT2D eigenvalue weighted by atomic mass is 16.5. The van der Waals surface area contributed by atoms with E-state index in [1.54, 1.807) is 13.8 Å². The highest BCUT2D eigenvalue weighted by Crippen LogP contribution is 2.59. The summed E-state index contributed by atoms with van der Waals surface area (Å²) >= 11 is 0. The fraction of sp³-hybridized carbons (Fsp3) is 0.862. The largest absolute Gasteiger partial charge is 0.481 e. The Balaban J connectivity index is 2.73. The van der Waals surface area contributed by atoms with E-state index in [0.717, 1.165) is 6.42 Å². The summed E-state index contributed by atoms with van der Waals surface area (Å²) in [5, 5.41) is 34.3. The maximum absolute atomic E-state index is 13.6. The summed E-state index contributed by atoms with van der Waals surface area (Å²) in [6.45, 7) is 13.0. The van der Waals surface area contributed by atoms with Gasteiger partial charge < -0.3 is 29.5 Å². The van der Waals surface area contributed by atoms with Crippen molar-refractivity contribution < 1.29 is 48.7 Å². The van der Waals surface area contributed by atoms with Crippen molar-refractivity contribution in [2.75, 3.05) is 19.8 Å². The van der Waals surface area contributed by atoms with Crippen LogP contribution in [0.1, 0.15) is 74.1 Å². The average Bonchev–Trinajstić information content (AvgIpc) is 2.82. The van der Waals surface area contributed by atoms with Crippen LogP contribution in [0, 0.1) is 53.3 Å². The maximum atomic E-state index is 13.6. The number of aliphatic hydroxyl groups excluding tert-OH is 1. The number of ether oxygens (including phenoxy) is 3. The Morgan fingerprint density at radius 1 is 0.795 bits per heavy atom. The second kappa shape index (κ2) is 13.9. The maximum Gasteiger partial charge on any atom is 0.314 e. The molecule has 2 bridgehead atoms. The number of fused-ring (bicyclic) bond motifs is 2. The van der Waals surface area contributed by atoms with Crippen molar-refractivity contribution in [3.8, 4) is 0 Å². The Morgan fingerprint density at radius 3 is 1.69 bits per heavy atom. The Kier molecular flexibility index (Phi) is 11.8. The molecular weight excluding hydrogens is 508 g/mol. The Bertz CT molecular complexity index is 868. The van der Waals surface area contributed by atoms with Gasteiger partial charge in [0.05, 0.1) is 43.7 Å². The van der Waals surface area contributed by atoms with Gasteiger partial charge in [0.25, 0.3) is 0 Å². The van der Waals surface area contributed by atoms with Crippen LogP contribution in [-0.4, -0.2) is 70.7 Å². The van der Waals surface area contributed by atoms with Gasteiger partial charge in [0.15, 0.2) is 0 Å². The van der Waals surface area contributed by atoms with Crippen molar-refractivity contribution in [3.63, 3.8) is 0 Å². The second-order valence-electron chi connectivity index (χ2n) is 12.5. The summed E-state index contributed by atoms with van der Waals surface area (Å²) in [6.07, 6.45) is 0.153. The molecule has 2 rings (SSSR count). The number of carbonyl (C=O) groups is 4. The van der Waals surface area contributed by atoms with E-state index in [-0.39, 0.29) is 44.0 Å². The van der Waals surface area contributed by atoms with Crippen LogP contribution in [0.5, 0.6) is 0 Å². The molecule has 10 nitrogen and oxygen atoms in total. The fourth-order valence-electron chi connectivity index (χ4n) is 6.19. The van der Waals surface area contributed by atoms with Crippen molar-refractivity contribution in [2.24, 2.45) is 53.3 Å². The van der Waals surface area contributed by atoms with Gasteiger partial charge in [-0.1, -0.05) is 61.3 Å². The molecule has 224 valence electrons. The van der Waals surface area contributed by atoms with Gasteiger partial charge >= 0.3 is 23.9 Å². The lowest BCUT2D eigenvalue weighted by Crippen LogP contribution is -2.73. The quantitative estimate of drug-likeness (QED) is 0.227. The van der Waals surface area contributed by atoms with Crippen molar-refractivity contribution in [1.29, 1.82) is 0 Å². The number of hydrogen-bond acceptors (Lipinski definition) is 9. The molecule has 0 aromatic carbocycles. The van der Waals surface area contributed by atoms with Gasteiger partial charge in [-0.3, -0.25) is 19.2 Å². The van der Waals surface area contributed by atoms with E-state index in [9.17, 15) is 34.5 Å². The molecule has 2 fully saturated rings. The van der Waals surface area contributed by atoms with E-state index >= 15 is 0 Å². The zero-order valence-corrected chi connectivity index (χ0v) is 24.4. The number of carboxylic acid groups (broad SMARTS) is 1. The zero-order chi connectivity index (χ0) is 29.7. The van der Waals surface area contributed by atoms with Crippen LogP contribution >= 0.6 is 0 Å². The van der Waals surface area contributed by atoms with Crippen molar-refractivity contribution in [1.82, 2.24) is 0 Å². The lowest BCUT2D eigenvalue weighted by atomic mass is 9.46. The minimum Gasteiger partial charge on any atom is -0.481 e. The number of hydrogen-bond donors (Lipinski definition) is 3. The Hall–Kier alpha value is -2.20. The third-order valence-electron chi connectivity index (χ3n) is 7.79. The molecule has 3 N–H and O–H groups in total. The van der Waals surface area contributed by atoms with E-state index in [2.05, 4.69) is 0 Å². The summed E-state index contributed by atoms with van der Waals surface area (Å²) in [5.41, 5.74) is -2.54. The summed E-state index contributed by atoms with van der Waals surface area (Å²) in [7, 11) is 0. The van der Waals surface area contributed by atoms with Crippen LogP contribution in [0.25, 0.3) is 0 Å². The summed E-state index contributed by atoms with van der Waals surface area (Å²) in [5.74, 6) is -12.3. The molecule has 0 spiro atoms. The predicted octanol–water partition coefficient (Wildman–Crippen LogP) is 3.07. The van der Waals surface area contributed by atoms with Crippen molar-refractivity contribution in [3.05, 3.63) is 0 Å². The number of unbranched alkanes of at least 4 members (excludes halogenated alkanes) is 1. The zero-order valence-electron chi connectivity index (χ0n) is 24.4. The molecule has 2 aliphatic rings. The van der Waals surface area contributed by atoms with Crippen LogP contribution in [-0.2, 0) is 33.4 Å². The molecule has 0 aromatic rings. The lowest BCUT2D eigenvalue weighted by molar-refractivity contribution is -0.255. The van der Waals surface area contributed by atoms with Crippen LogP contribution in [0.4, 0.5) is 0 Å². The van der Waals surface area contributed by atoms with E-state index < -0.39 is 71.1 Å². The predicted molar refractivity (Wildman–Crippen MR) is 141 cm³/mol. The molecule has 0 aliphatic heterocycles. The van der Waals surface area contributed by atoms with Crippen molar-refractivity contribution >= 4 is 23.9 Å². The summed E-state index contributed by atoms with van der Waals surface area (Å²) in [4.78, 5) is 53.3. The van der Waals surface area contributed by atoms with Crippen LogP contribution in [0.2, 0.25) is 0 Å². The second-order valence-corrected chi connectivity index (χ2v) is 12.5. The molecule has 2 saturated carbocycles. The van der Waals surface area contributed by atoms with Gasteiger partial charge in [0.1, 0.15) is 11.5 Å². The third kappa shape index (κ3) is 7.31. The normalized spacial score (nSPS) is 32.3. The van der Waals surface area contributed by atoms with Gasteiger partial charge in [0, 0.05) is 0 Å². The molecule has 10 heteroatoms. The smallest absolute Gasteiger partial charge is 0.314 e. The number of aliphatic hydroxyl groups is 2.